The predicted molar refractivity (Wildman–Crippen MR) is 107 cm³/mol. The highest BCUT2D eigenvalue weighted by molar-refractivity contribution is 7.09. The van der Waals surface area contributed by atoms with Gasteiger partial charge < -0.3 is 15.5 Å². The molecule has 0 atom stereocenters. The van der Waals surface area contributed by atoms with Crippen molar-refractivity contribution in [2.45, 2.75) is 33.4 Å². The monoisotopic (exact) mass is 359 g/mol. The van der Waals surface area contributed by atoms with Crippen LogP contribution in [0.3, 0.4) is 0 Å². The Morgan fingerprint density at radius 1 is 1.24 bits per heavy atom. The number of hydrogen-bond donors (Lipinski definition) is 2. The van der Waals surface area contributed by atoms with Crippen LogP contribution < -0.4 is 10.6 Å². The van der Waals surface area contributed by atoms with Gasteiger partial charge in [0.05, 0.1) is 17.2 Å². The average molecular weight is 360 g/mol. The molecule has 2 aromatic rings. The molecule has 0 saturated carbocycles. The number of nitrogens with one attached hydrogen (secondary N) is 2. The second-order valence-corrected chi connectivity index (χ2v) is 7.35. The molecule has 0 unspecified atom stereocenters. The van der Waals surface area contributed by atoms with Gasteiger partial charge in [0, 0.05) is 31.4 Å². The van der Waals surface area contributed by atoms with Crippen LogP contribution in [0.25, 0.3) is 0 Å². The lowest BCUT2D eigenvalue weighted by Crippen LogP contribution is -2.38. The molecule has 0 aliphatic rings. The van der Waals surface area contributed by atoms with Gasteiger partial charge in [-0.05, 0) is 39.1 Å². The molecule has 136 valence electrons. The van der Waals surface area contributed by atoms with Crippen LogP contribution in [0.1, 0.15) is 28.8 Å². The first kappa shape index (κ1) is 19.4. The fourth-order valence-corrected chi connectivity index (χ4v) is 3.18. The van der Waals surface area contributed by atoms with E-state index in [-0.39, 0.29) is 0 Å². The first-order valence-electron chi connectivity index (χ1n) is 8.72. The third kappa shape index (κ3) is 7.23. The average Bonchev–Trinajstić information content (AvgIpc) is 2.98. The van der Waals surface area contributed by atoms with E-state index < -0.39 is 0 Å². The number of benzene rings is 1. The van der Waals surface area contributed by atoms with Crippen molar-refractivity contribution in [2.24, 2.45) is 4.99 Å². The summed E-state index contributed by atoms with van der Waals surface area (Å²) in [5, 5.41) is 9.94. The Hall–Kier alpha value is -1.92. The minimum Gasteiger partial charge on any atom is -0.357 e. The Morgan fingerprint density at radius 3 is 2.72 bits per heavy atom. The van der Waals surface area contributed by atoms with Crippen molar-refractivity contribution in [1.29, 1.82) is 0 Å². The van der Waals surface area contributed by atoms with Gasteiger partial charge in [0.25, 0.3) is 0 Å². The predicted octanol–water partition coefficient (Wildman–Crippen LogP) is 2.81. The fourth-order valence-electron chi connectivity index (χ4n) is 2.54. The second kappa shape index (κ2) is 10.2. The number of thiazole rings is 1. The molecule has 2 N–H and O–H groups in total. The summed E-state index contributed by atoms with van der Waals surface area (Å²) in [5.41, 5.74) is 3.68. The van der Waals surface area contributed by atoms with Gasteiger partial charge in [0.2, 0.25) is 0 Å². The smallest absolute Gasteiger partial charge is 0.191 e. The van der Waals surface area contributed by atoms with Crippen molar-refractivity contribution in [3.8, 4) is 0 Å². The van der Waals surface area contributed by atoms with Crippen LogP contribution in [-0.2, 0) is 19.5 Å². The minimum absolute atomic E-state index is 0.673. The van der Waals surface area contributed by atoms with E-state index in [1.54, 1.807) is 11.3 Å². The van der Waals surface area contributed by atoms with E-state index in [0.29, 0.717) is 6.54 Å². The SMILES string of the molecule is CCNC(=NCc1cccc(CN(C)C)c1)NCCc1csc(C)n1. The third-order valence-corrected chi connectivity index (χ3v) is 4.42. The van der Waals surface area contributed by atoms with Crippen molar-refractivity contribution in [3.63, 3.8) is 0 Å². The Morgan fingerprint density at radius 2 is 2.04 bits per heavy atom. The first-order chi connectivity index (χ1) is 12.1. The molecule has 0 radical (unpaired) electrons. The number of rotatable bonds is 8. The molecule has 25 heavy (non-hydrogen) atoms. The number of aryl methyl sites for hydroxylation is 1. The van der Waals surface area contributed by atoms with Crippen molar-refractivity contribution in [2.75, 3.05) is 27.2 Å². The number of hydrogen-bond acceptors (Lipinski definition) is 4. The number of aliphatic imine (C=N–C) groups is 1. The van der Waals surface area contributed by atoms with E-state index in [9.17, 15) is 0 Å². The highest BCUT2D eigenvalue weighted by Gasteiger charge is 2.02. The van der Waals surface area contributed by atoms with Gasteiger partial charge in [0.1, 0.15) is 0 Å². The van der Waals surface area contributed by atoms with E-state index in [1.165, 1.54) is 11.1 Å². The quantitative estimate of drug-likeness (QED) is 0.562. The van der Waals surface area contributed by atoms with Gasteiger partial charge >= 0.3 is 0 Å². The second-order valence-electron chi connectivity index (χ2n) is 6.29. The van der Waals surface area contributed by atoms with E-state index in [2.05, 4.69) is 71.2 Å². The standard InChI is InChI=1S/C19H29N5S/c1-5-20-19(21-10-9-18-14-25-15(2)23-18)22-12-16-7-6-8-17(11-16)13-24(3)4/h6-8,11,14H,5,9-10,12-13H2,1-4H3,(H2,20,21,22). The van der Waals surface area contributed by atoms with Gasteiger partial charge in [-0.25, -0.2) is 9.98 Å². The fraction of sp³-hybridized carbons (Fsp3) is 0.474. The van der Waals surface area contributed by atoms with Crippen LogP contribution in [0.5, 0.6) is 0 Å². The van der Waals surface area contributed by atoms with Crippen molar-refractivity contribution in [3.05, 3.63) is 51.5 Å². The van der Waals surface area contributed by atoms with Crippen LogP contribution in [0.15, 0.2) is 34.6 Å². The summed E-state index contributed by atoms with van der Waals surface area (Å²) in [5.74, 6) is 0.854. The zero-order valence-corrected chi connectivity index (χ0v) is 16.5. The molecule has 0 aliphatic heterocycles. The molecule has 0 aliphatic carbocycles. The van der Waals surface area contributed by atoms with E-state index in [0.717, 1.165) is 42.7 Å². The molecule has 2 rings (SSSR count). The lowest BCUT2D eigenvalue weighted by Gasteiger charge is -2.12. The molecule has 1 aromatic carbocycles. The Labute approximate surface area is 155 Å². The van der Waals surface area contributed by atoms with Crippen LogP contribution in [0.4, 0.5) is 0 Å². The maximum Gasteiger partial charge on any atom is 0.191 e. The van der Waals surface area contributed by atoms with Crippen LogP contribution >= 0.6 is 11.3 Å². The molecule has 1 aromatic heterocycles. The zero-order valence-electron chi connectivity index (χ0n) is 15.7. The topological polar surface area (TPSA) is 52.6 Å². The number of nitrogens with zero attached hydrogens (tertiary/aromatic N) is 3. The summed E-state index contributed by atoms with van der Waals surface area (Å²) in [7, 11) is 4.17. The molecule has 0 bridgehead atoms. The lowest BCUT2D eigenvalue weighted by atomic mass is 10.1. The Balaban J connectivity index is 1.89. The molecule has 0 fully saturated rings. The van der Waals surface area contributed by atoms with Gasteiger partial charge in [0.15, 0.2) is 5.96 Å². The van der Waals surface area contributed by atoms with Crippen LogP contribution in [0, 0.1) is 6.92 Å². The summed E-state index contributed by atoms with van der Waals surface area (Å²) in [6.45, 7) is 7.42. The summed E-state index contributed by atoms with van der Waals surface area (Å²) < 4.78 is 0. The molecule has 6 heteroatoms. The highest BCUT2D eigenvalue weighted by Crippen LogP contribution is 2.09. The van der Waals surface area contributed by atoms with Crippen molar-refractivity contribution in [1.82, 2.24) is 20.5 Å². The summed E-state index contributed by atoms with van der Waals surface area (Å²) in [6, 6.07) is 8.62. The molecule has 0 spiro atoms. The molecule has 1 heterocycles. The van der Waals surface area contributed by atoms with E-state index in [1.807, 2.05) is 6.92 Å². The third-order valence-electron chi connectivity index (χ3n) is 3.59. The summed E-state index contributed by atoms with van der Waals surface area (Å²) in [6.07, 6.45) is 0.910. The van der Waals surface area contributed by atoms with Crippen LogP contribution in [-0.4, -0.2) is 43.0 Å². The molecule has 0 amide bonds. The van der Waals surface area contributed by atoms with Gasteiger partial charge in [-0.15, -0.1) is 11.3 Å². The lowest BCUT2D eigenvalue weighted by molar-refractivity contribution is 0.402. The van der Waals surface area contributed by atoms with E-state index in [4.69, 9.17) is 4.99 Å². The minimum atomic E-state index is 0.673. The van der Waals surface area contributed by atoms with E-state index >= 15 is 0 Å². The Kier molecular flexibility index (Phi) is 7.88. The maximum atomic E-state index is 4.70. The molecular formula is C19H29N5S. The van der Waals surface area contributed by atoms with Gasteiger partial charge in [-0.2, -0.15) is 0 Å². The largest absolute Gasteiger partial charge is 0.357 e. The van der Waals surface area contributed by atoms with Crippen molar-refractivity contribution < 1.29 is 0 Å². The Bertz CT molecular complexity index is 678. The molecular weight excluding hydrogens is 330 g/mol. The molecule has 0 saturated heterocycles. The van der Waals surface area contributed by atoms with Crippen molar-refractivity contribution >= 4 is 17.3 Å². The van der Waals surface area contributed by atoms with Gasteiger partial charge in [-0.1, -0.05) is 24.3 Å². The van der Waals surface area contributed by atoms with Crippen LogP contribution in [0.2, 0.25) is 0 Å². The summed E-state index contributed by atoms with van der Waals surface area (Å²) in [4.78, 5) is 11.4. The number of guanidine groups is 1. The summed E-state index contributed by atoms with van der Waals surface area (Å²) >= 11 is 1.70. The maximum absolute atomic E-state index is 4.70. The van der Waals surface area contributed by atoms with Gasteiger partial charge in [-0.3, -0.25) is 0 Å². The normalized spacial score (nSPS) is 11.8. The molecule has 5 nitrogen and oxygen atoms in total. The zero-order chi connectivity index (χ0) is 18.1. The highest BCUT2D eigenvalue weighted by atomic mass is 32.1. The first-order valence-corrected chi connectivity index (χ1v) is 9.60. The number of aromatic nitrogens is 1.